The van der Waals surface area contributed by atoms with E-state index in [1.807, 2.05) is 6.92 Å². The Labute approximate surface area is 100 Å². The second-order valence-corrected chi connectivity index (χ2v) is 3.46. The molecule has 1 rings (SSSR count). The second-order valence-electron chi connectivity index (χ2n) is 3.46. The predicted octanol–water partition coefficient (Wildman–Crippen LogP) is 2.09. The van der Waals surface area contributed by atoms with Gasteiger partial charge in [-0.2, -0.15) is 0 Å². The molecule has 5 heteroatoms. The molecule has 0 saturated heterocycles. The Bertz CT molecular complexity index is 493. The first kappa shape index (κ1) is 12.9. The summed E-state index contributed by atoms with van der Waals surface area (Å²) in [6, 6.07) is 0. The summed E-state index contributed by atoms with van der Waals surface area (Å²) in [5.41, 5.74) is 6.82. The van der Waals surface area contributed by atoms with E-state index in [0.717, 1.165) is 0 Å². The minimum Gasteiger partial charge on any atom is -0.464 e. The molecule has 0 unspecified atom stereocenters. The number of nitrogen functional groups attached to an aromatic ring is 1. The number of aryl methyl sites for hydroxylation is 1. The molecule has 1 aromatic rings. The molecule has 0 saturated carbocycles. The molecule has 0 amide bonds. The SMILES string of the molecule is C=C(O/C=C\C)c1nc(N)c(C(C)=O)nc1C. The Balaban J connectivity index is 3.15. The smallest absolute Gasteiger partial charge is 0.181 e. The Morgan fingerprint density at radius 3 is 2.59 bits per heavy atom. The highest BCUT2D eigenvalue weighted by molar-refractivity contribution is 5.96. The van der Waals surface area contributed by atoms with Gasteiger partial charge in [0.05, 0.1) is 12.0 Å². The van der Waals surface area contributed by atoms with Crippen molar-refractivity contribution in [1.82, 2.24) is 9.97 Å². The number of hydrogen-bond acceptors (Lipinski definition) is 5. The van der Waals surface area contributed by atoms with Gasteiger partial charge < -0.3 is 10.5 Å². The summed E-state index contributed by atoms with van der Waals surface area (Å²) in [5, 5.41) is 0. The molecule has 5 nitrogen and oxygen atoms in total. The van der Waals surface area contributed by atoms with Gasteiger partial charge >= 0.3 is 0 Å². The molecule has 0 atom stereocenters. The van der Waals surface area contributed by atoms with Crippen LogP contribution in [0.15, 0.2) is 18.9 Å². The number of ether oxygens (including phenoxy) is 1. The van der Waals surface area contributed by atoms with E-state index >= 15 is 0 Å². The van der Waals surface area contributed by atoms with E-state index in [1.54, 1.807) is 13.0 Å². The van der Waals surface area contributed by atoms with Gasteiger partial charge in [-0.3, -0.25) is 4.79 Å². The zero-order chi connectivity index (χ0) is 13.0. The molecule has 0 fully saturated rings. The second kappa shape index (κ2) is 5.25. The molecule has 90 valence electrons. The predicted molar refractivity (Wildman–Crippen MR) is 66.1 cm³/mol. The molecule has 1 aromatic heterocycles. The van der Waals surface area contributed by atoms with Crippen LogP contribution in [0.2, 0.25) is 0 Å². The number of hydrogen-bond donors (Lipinski definition) is 1. The maximum absolute atomic E-state index is 11.2. The quantitative estimate of drug-likeness (QED) is 0.636. The lowest BCUT2D eigenvalue weighted by Crippen LogP contribution is -2.10. The Hall–Kier alpha value is -2.17. The van der Waals surface area contributed by atoms with E-state index in [9.17, 15) is 4.79 Å². The van der Waals surface area contributed by atoms with Gasteiger partial charge in [0.25, 0.3) is 0 Å². The van der Waals surface area contributed by atoms with Crippen molar-refractivity contribution < 1.29 is 9.53 Å². The maximum atomic E-state index is 11.2. The van der Waals surface area contributed by atoms with Gasteiger partial charge in [-0.05, 0) is 13.8 Å². The summed E-state index contributed by atoms with van der Waals surface area (Å²) < 4.78 is 5.20. The number of anilines is 1. The standard InChI is InChI=1S/C12H15N3O2/c1-5-6-17-9(4)10-7(2)14-11(8(3)16)12(13)15-10/h5-6H,4H2,1-3H3,(H2,13,15)/b6-5-. The highest BCUT2D eigenvalue weighted by Crippen LogP contribution is 2.18. The van der Waals surface area contributed by atoms with Gasteiger partial charge in [-0.1, -0.05) is 12.7 Å². The van der Waals surface area contributed by atoms with Crippen molar-refractivity contribution in [3.05, 3.63) is 36.0 Å². The first-order valence-electron chi connectivity index (χ1n) is 5.09. The number of carbonyl (C=O) groups is 1. The van der Waals surface area contributed by atoms with E-state index in [0.29, 0.717) is 17.1 Å². The number of carbonyl (C=O) groups excluding carboxylic acids is 1. The lowest BCUT2D eigenvalue weighted by molar-refractivity contribution is 0.101. The molecule has 0 aliphatic carbocycles. The minimum atomic E-state index is -0.218. The van der Waals surface area contributed by atoms with Gasteiger partial charge in [0.15, 0.2) is 11.6 Å². The average molecular weight is 233 g/mol. The summed E-state index contributed by atoms with van der Waals surface area (Å²) in [4.78, 5) is 19.4. The Morgan fingerprint density at radius 1 is 1.41 bits per heavy atom. The summed E-state index contributed by atoms with van der Waals surface area (Å²) in [6.07, 6.45) is 3.21. The van der Waals surface area contributed by atoms with Crippen molar-refractivity contribution in [3.8, 4) is 0 Å². The maximum Gasteiger partial charge on any atom is 0.181 e. The first-order valence-corrected chi connectivity index (χ1v) is 5.09. The first-order chi connectivity index (χ1) is 7.97. The fraction of sp³-hybridized carbons (Fsp3) is 0.250. The van der Waals surface area contributed by atoms with Gasteiger partial charge in [0, 0.05) is 6.92 Å². The van der Waals surface area contributed by atoms with Crippen LogP contribution in [0, 0.1) is 6.92 Å². The van der Waals surface area contributed by atoms with Crippen LogP contribution >= 0.6 is 0 Å². The number of nitrogens with two attached hydrogens (primary N) is 1. The number of rotatable bonds is 4. The van der Waals surface area contributed by atoms with Crippen molar-refractivity contribution in [2.24, 2.45) is 0 Å². The zero-order valence-corrected chi connectivity index (χ0v) is 10.2. The van der Waals surface area contributed by atoms with Crippen LogP contribution in [-0.4, -0.2) is 15.8 Å². The fourth-order valence-corrected chi connectivity index (χ4v) is 1.26. The number of ketones is 1. The van der Waals surface area contributed by atoms with Crippen LogP contribution < -0.4 is 5.73 Å². The van der Waals surface area contributed by atoms with Crippen molar-refractivity contribution in [1.29, 1.82) is 0 Å². The zero-order valence-electron chi connectivity index (χ0n) is 10.2. The highest BCUT2D eigenvalue weighted by Gasteiger charge is 2.14. The lowest BCUT2D eigenvalue weighted by Gasteiger charge is -2.09. The highest BCUT2D eigenvalue weighted by atomic mass is 16.5. The van der Waals surface area contributed by atoms with Crippen molar-refractivity contribution in [2.45, 2.75) is 20.8 Å². The van der Waals surface area contributed by atoms with Crippen LogP contribution in [0.1, 0.15) is 35.7 Å². The average Bonchev–Trinajstić information content (AvgIpc) is 2.28. The third kappa shape index (κ3) is 2.90. The summed E-state index contributed by atoms with van der Waals surface area (Å²) in [7, 11) is 0. The normalized spacial score (nSPS) is 10.5. The van der Waals surface area contributed by atoms with Crippen LogP contribution in [0.25, 0.3) is 5.76 Å². The van der Waals surface area contributed by atoms with Crippen molar-refractivity contribution in [3.63, 3.8) is 0 Å². The van der Waals surface area contributed by atoms with Gasteiger partial charge in [0.1, 0.15) is 17.1 Å². The molecule has 0 bridgehead atoms. The molecule has 0 aliphatic heterocycles. The lowest BCUT2D eigenvalue weighted by atomic mass is 10.2. The van der Waals surface area contributed by atoms with E-state index in [-0.39, 0.29) is 17.3 Å². The number of allylic oxidation sites excluding steroid dienone is 1. The molecular formula is C12H15N3O2. The molecular weight excluding hydrogens is 218 g/mol. The third-order valence-electron chi connectivity index (χ3n) is 2.04. The summed E-state index contributed by atoms with van der Waals surface area (Å²) >= 11 is 0. The number of aromatic nitrogens is 2. The molecule has 17 heavy (non-hydrogen) atoms. The topological polar surface area (TPSA) is 78.1 Å². The number of nitrogens with zero attached hydrogens (tertiary/aromatic N) is 2. The fourth-order valence-electron chi connectivity index (χ4n) is 1.26. The van der Waals surface area contributed by atoms with Crippen LogP contribution in [0.4, 0.5) is 5.82 Å². The van der Waals surface area contributed by atoms with Gasteiger partial charge in [-0.15, -0.1) is 0 Å². The van der Waals surface area contributed by atoms with Crippen LogP contribution in [-0.2, 0) is 4.74 Å². The molecule has 0 aliphatic rings. The minimum absolute atomic E-state index is 0.0864. The third-order valence-corrected chi connectivity index (χ3v) is 2.04. The molecule has 1 heterocycles. The Kier molecular flexibility index (Phi) is 3.98. The van der Waals surface area contributed by atoms with Gasteiger partial charge in [-0.25, -0.2) is 9.97 Å². The molecule has 2 N–H and O–H groups in total. The van der Waals surface area contributed by atoms with Crippen LogP contribution in [0.3, 0.4) is 0 Å². The Morgan fingerprint density at radius 2 is 2.06 bits per heavy atom. The molecule has 0 spiro atoms. The van der Waals surface area contributed by atoms with E-state index < -0.39 is 0 Å². The van der Waals surface area contributed by atoms with Crippen molar-refractivity contribution in [2.75, 3.05) is 5.73 Å². The monoisotopic (exact) mass is 233 g/mol. The summed E-state index contributed by atoms with van der Waals surface area (Å²) in [6.45, 7) is 8.66. The van der Waals surface area contributed by atoms with E-state index in [4.69, 9.17) is 10.5 Å². The van der Waals surface area contributed by atoms with Crippen LogP contribution in [0.5, 0.6) is 0 Å². The summed E-state index contributed by atoms with van der Waals surface area (Å²) in [5.74, 6) is 0.211. The van der Waals surface area contributed by atoms with E-state index in [1.165, 1.54) is 13.2 Å². The van der Waals surface area contributed by atoms with E-state index in [2.05, 4.69) is 16.5 Å². The largest absolute Gasteiger partial charge is 0.464 e. The van der Waals surface area contributed by atoms with Gasteiger partial charge in [0.2, 0.25) is 0 Å². The number of Topliss-reactive ketones (excluding diaryl/α,β-unsaturated/α-hetero) is 1. The van der Waals surface area contributed by atoms with Crippen molar-refractivity contribution >= 4 is 17.4 Å². The molecule has 0 radical (unpaired) electrons. The molecule has 0 aromatic carbocycles.